The summed E-state index contributed by atoms with van der Waals surface area (Å²) in [6.07, 6.45) is 4.30. The van der Waals surface area contributed by atoms with Crippen molar-refractivity contribution in [2.75, 3.05) is 5.32 Å². The molecule has 1 aromatic heterocycles. The number of hydrogen-bond donors (Lipinski definition) is 2. The molecule has 3 aromatic rings. The molecular formula is C27H26N2O5. The van der Waals surface area contributed by atoms with E-state index >= 15 is 0 Å². The highest BCUT2D eigenvalue weighted by Gasteiger charge is 2.43. The van der Waals surface area contributed by atoms with Crippen molar-refractivity contribution >= 4 is 28.2 Å². The number of nitrogens with zero attached hydrogens (tertiary/aromatic N) is 1. The van der Waals surface area contributed by atoms with Crippen LogP contribution in [0.25, 0.3) is 10.8 Å². The first-order valence-corrected chi connectivity index (χ1v) is 11.4. The zero-order valence-corrected chi connectivity index (χ0v) is 19.2. The summed E-state index contributed by atoms with van der Waals surface area (Å²) in [6, 6.07) is 11.5. The number of rotatable bonds is 4. The number of Topliss-reactive ketones (excluding diaryl/α,β-unsaturated/α-hetero) is 1. The van der Waals surface area contributed by atoms with E-state index in [-0.39, 0.29) is 11.7 Å². The Morgan fingerprint density at radius 2 is 1.79 bits per heavy atom. The fraction of sp³-hybridized carbons (Fsp3) is 0.333. The number of aromatic nitrogens is 1. The van der Waals surface area contributed by atoms with Gasteiger partial charge in [0.05, 0.1) is 11.1 Å². The summed E-state index contributed by atoms with van der Waals surface area (Å²) in [5.41, 5.74) is -0.333. The Hall–Kier alpha value is -3.76. The third-order valence-electron chi connectivity index (χ3n) is 6.38. The Morgan fingerprint density at radius 1 is 1.09 bits per heavy atom. The van der Waals surface area contributed by atoms with E-state index in [0.29, 0.717) is 46.1 Å². The summed E-state index contributed by atoms with van der Waals surface area (Å²) in [7, 11) is 0. The SMILES string of the molecule is CC(=O)c1ccc(C#CC(O)(C(=O)Nc2ccc3c(=O)onc(C)c3c2)C2CCCCC2)cc1. The molecule has 7 nitrogen and oxygen atoms in total. The van der Waals surface area contributed by atoms with Crippen molar-refractivity contribution in [3.05, 3.63) is 69.7 Å². The normalized spacial score (nSPS) is 15.7. The molecule has 1 amide bonds. The van der Waals surface area contributed by atoms with E-state index in [2.05, 4.69) is 22.3 Å². The van der Waals surface area contributed by atoms with Crippen molar-refractivity contribution in [3.63, 3.8) is 0 Å². The second kappa shape index (κ2) is 9.62. The maximum absolute atomic E-state index is 13.4. The standard InChI is InChI=1S/C27H26N2O5/c1-17-24-16-22(12-13-23(24)25(31)34-29-17)28-26(32)27(33,21-6-4-3-5-7-21)15-14-19-8-10-20(11-9-19)18(2)30/h8-13,16,21,33H,3-7H2,1-2H3,(H,28,32). The molecule has 1 aliphatic carbocycles. The molecule has 2 aromatic carbocycles. The average Bonchev–Trinajstić information content (AvgIpc) is 2.85. The van der Waals surface area contributed by atoms with Crippen LogP contribution in [0.3, 0.4) is 0 Å². The number of nitrogens with one attached hydrogen (secondary N) is 1. The predicted molar refractivity (Wildman–Crippen MR) is 128 cm³/mol. The van der Waals surface area contributed by atoms with Crippen LogP contribution < -0.4 is 10.9 Å². The zero-order valence-electron chi connectivity index (χ0n) is 19.2. The molecular weight excluding hydrogens is 432 g/mol. The average molecular weight is 459 g/mol. The molecule has 1 atom stereocenters. The number of fused-ring (bicyclic) bond motifs is 1. The second-order valence-corrected chi connectivity index (χ2v) is 8.75. The van der Waals surface area contributed by atoms with Gasteiger partial charge < -0.3 is 14.9 Å². The highest BCUT2D eigenvalue weighted by Crippen LogP contribution is 2.34. The summed E-state index contributed by atoms with van der Waals surface area (Å²) in [6.45, 7) is 3.20. The van der Waals surface area contributed by atoms with Crippen molar-refractivity contribution < 1.29 is 19.2 Å². The van der Waals surface area contributed by atoms with Crippen molar-refractivity contribution in [1.29, 1.82) is 0 Å². The van der Waals surface area contributed by atoms with Crippen LogP contribution in [0.1, 0.15) is 60.6 Å². The summed E-state index contributed by atoms with van der Waals surface area (Å²) in [5.74, 6) is 4.80. The fourth-order valence-corrected chi connectivity index (χ4v) is 4.35. The first-order valence-electron chi connectivity index (χ1n) is 11.4. The second-order valence-electron chi connectivity index (χ2n) is 8.75. The first kappa shape index (κ1) is 23.4. The topological polar surface area (TPSA) is 110 Å². The molecule has 1 saturated carbocycles. The van der Waals surface area contributed by atoms with Gasteiger partial charge in [-0.3, -0.25) is 9.59 Å². The lowest BCUT2D eigenvalue weighted by atomic mass is 9.76. The molecule has 1 fully saturated rings. The van der Waals surface area contributed by atoms with Crippen LogP contribution in [-0.2, 0) is 4.79 Å². The van der Waals surface area contributed by atoms with Gasteiger partial charge in [0.1, 0.15) is 0 Å². The number of benzene rings is 2. The van der Waals surface area contributed by atoms with E-state index in [1.54, 1.807) is 49.4 Å². The van der Waals surface area contributed by atoms with Crippen LogP contribution in [0.2, 0.25) is 0 Å². The molecule has 1 unspecified atom stereocenters. The minimum Gasteiger partial charge on any atom is -0.369 e. The molecule has 4 rings (SSSR count). The van der Waals surface area contributed by atoms with Gasteiger partial charge in [0.15, 0.2) is 5.78 Å². The van der Waals surface area contributed by atoms with Crippen LogP contribution in [0.5, 0.6) is 0 Å². The van der Waals surface area contributed by atoms with Crippen LogP contribution >= 0.6 is 0 Å². The van der Waals surface area contributed by atoms with Crippen LogP contribution in [0.15, 0.2) is 51.8 Å². The number of anilines is 1. The van der Waals surface area contributed by atoms with Gasteiger partial charge in [0.25, 0.3) is 5.91 Å². The maximum atomic E-state index is 13.4. The lowest BCUT2D eigenvalue weighted by molar-refractivity contribution is -0.134. The molecule has 0 radical (unpaired) electrons. The number of hydrogen-bond acceptors (Lipinski definition) is 6. The minimum atomic E-state index is -1.89. The summed E-state index contributed by atoms with van der Waals surface area (Å²) in [5, 5.41) is 19.0. The third-order valence-corrected chi connectivity index (χ3v) is 6.38. The number of amides is 1. The number of aliphatic hydroxyl groups is 1. The van der Waals surface area contributed by atoms with Crippen LogP contribution in [0, 0.1) is 24.7 Å². The van der Waals surface area contributed by atoms with E-state index in [1.165, 1.54) is 6.92 Å². The largest absolute Gasteiger partial charge is 0.369 e. The summed E-state index contributed by atoms with van der Waals surface area (Å²) >= 11 is 0. The van der Waals surface area contributed by atoms with Gasteiger partial charge in [-0.1, -0.05) is 48.4 Å². The van der Waals surface area contributed by atoms with Gasteiger partial charge in [0, 0.05) is 28.1 Å². The van der Waals surface area contributed by atoms with Crippen molar-refractivity contribution in [1.82, 2.24) is 5.16 Å². The van der Waals surface area contributed by atoms with Crippen molar-refractivity contribution in [2.24, 2.45) is 5.92 Å². The maximum Gasteiger partial charge on any atom is 0.366 e. The van der Waals surface area contributed by atoms with Crippen LogP contribution in [0.4, 0.5) is 5.69 Å². The lowest BCUT2D eigenvalue weighted by Crippen LogP contribution is -2.48. The molecule has 34 heavy (non-hydrogen) atoms. The number of carbonyl (C=O) groups is 2. The quantitative estimate of drug-likeness (QED) is 0.452. The molecule has 1 aliphatic rings. The van der Waals surface area contributed by atoms with Gasteiger partial charge in [0.2, 0.25) is 5.60 Å². The monoisotopic (exact) mass is 458 g/mol. The van der Waals surface area contributed by atoms with Gasteiger partial charge >= 0.3 is 5.63 Å². The van der Waals surface area contributed by atoms with E-state index in [1.807, 2.05) is 0 Å². The highest BCUT2D eigenvalue weighted by atomic mass is 16.5. The fourth-order valence-electron chi connectivity index (χ4n) is 4.35. The Morgan fingerprint density at radius 3 is 2.47 bits per heavy atom. The zero-order chi connectivity index (χ0) is 24.3. The van der Waals surface area contributed by atoms with Gasteiger partial charge in [-0.25, -0.2) is 4.79 Å². The molecule has 0 aliphatic heterocycles. The Balaban J connectivity index is 1.66. The lowest BCUT2D eigenvalue weighted by Gasteiger charge is -2.33. The summed E-state index contributed by atoms with van der Waals surface area (Å²) < 4.78 is 4.75. The van der Waals surface area contributed by atoms with Gasteiger partial charge in [-0.2, -0.15) is 0 Å². The molecule has 7 heteroatoms. The molecule has 0 bridgehead atoms. The smallest absolute Gasteiger partial charge is 0.366 e. The molecule has 1 heterocycles. The molecule has 0 spiro atoms. The van der Waals surface area contributed by atoms with Crippen molar-refractivity contribution in [3.8, 4) is 11.8 Å². The molecule has 2 N–H and O–H groups in total. The minimum absolute atomic E-state index is 0.0452. The van der Waals surface area contributed by atoms with Gasteiger partial charge in [-0.05, 0) is 57.0 Å². The highest BCUT2D eigenvalue weighted by molar-refractivity contribution is 6.01. The predicted octanol–water partition coefficient (Wildman–Crippen LogP) is 4.00. The number of ketones is 1. The van der Waals surface area contributed by atoms with E-state index in [9.17, 15) is 19.5 Å². The van der Waals surface area contributed by atoms with E-state index in [0.717, 1.165) is 19.3 Å². The first-order chi connectivity index (χ1) is 16.3. The third kappa shape index (κ3) is 4.78. The van der Waals surface area contributed by atoms with E-state index in [4.69, 9.17) is 4.52 Å². The Kier molecular flexibility index (Phi) is 6.62. The Bertz CT molecular complexity index is 1360. The van der Waals surface area contributed by atoms with Crippen LogP contribution in [-0.4, -0.2) is 27.6 Å². The van der Waals surface area contributed by atoms with E-state index < -0.39 is 17.1 Å². The van der Waals surface area contributed by atoms with Crippen molar-refractivity contribution in [2.45, 2.75) is 51.6 Å². The number of aryl methyl sites for hydroxylation is 1. The summed E-state index contributed by atoms with van der Waals surface area (Å²) in [4.78, 5) is 36.8. The Labute approximate surface area is 197 Å². The molecule has 0 saturated heterocycles. The molecule has 174 valence electrons. The number of carbonyl (C=O) groups excluding carboxylic acids is 2. The van der Waals surface area contributed by atoms with Gasteiger partial charge in [-0.15, -0.1) is 0 Å².